The van der Waals surface area contributed by atoms with Gasteiger partial charge in [-0.2, -0.15) is 5.10 Å². The van der Waals surface area contributed by atoms with Crippen LogP contribution < -0.4 is 4.90 Å². The van der Waals surface area contributed by atoms with E-state index < -0.39 is 9.84 Å². The maximum absolute atomic E-state index is 11.8. The monoisotopic (exact) mass is 334 g/mol. The van der Waals surface area contributed by atoms with E-state index in [-0.39, 0.29) is 0 Å². The number of nitrogens with zero attached hydrogens (tertiary/aromatic N) is 3. The van der Waals surface area contributed by atoms with E-state index in [0.29, 0.717) is 17.2 Å². The SMILES string of the molecule is Cc1cccnc1N1CCC[C@H](Cc2[nH]ncc2S(C)(=O)=O)C1. The highest BCUT2D eigenvalue weighted by molar-refractivity contribution is 7.90. The minimum atomic E-state index is -3.23. The number of rotatable bonds is 4. The first-order valence-corrected chi connectivity index (χ1v) is 9.73. The summed E-state index contributed by atoms with van der Waals surface area (Å²) in [5, 5.41) is 6.78. The van der Waals surface area contributed by atoms with Crippen LogP contribution in [0, 0.1) is 12.8 Å². The van der Waals surface area contributed by atoms with E-state index >= 15 is 0 Å². The predicted octanol–water partition coefficient (Wildman–Crippen LogP) is 1.98. The lowest BCUT2D eigenvalue weighted by Crippen LogP contribution is -2.37. The molecule has 23 heavy (non-hydrogen) atoms. The fourth-order valence-corrected chi connectivity index (χ4v) is 4.11. The zero-order valence-corrected chi connectivity index (χ0v) is 14.3. The molecule has 1 atom stereocenters. The molecule has 124 valence electrons. The first-order valence-electron chi connectivity index (χ1n) is 7.84. The molecule has 1 fully saturated rings. The Morgan fingerprint density at radius 2 is 2.26 bits per heavy atom. The van der Waals surface area contributed by atoms with Crippen molar-refractivity contribution in [1.29, 1.82) is 0 Å². The number of piperidine rings is 1. The highest BCUT2D eigenvalue weighted by Gasteiger charge is 2.25. The lowest BCUT2D eigenvalue weighted by atomic mass is 9.93. The van der Waals surface area contributed by atoms with Crippen LogP contribution in [0.15, 0.2) is 29.4 Å². The molecule has 1 saturated heterocycles. The van der Waals surface area contributed by atoms with E-state index in [9.17, 15) is 8.42 Å². The first kappa shape index (κ1) is 16.0. The van der Waals surface area contributed by atoms with Gasteiger partial charge in [0.15, 0.2) is 9.84 Å². The molecule has 0 unspecified atom stereocenters. The van der Waals surface area contributed by atoms with Gasteiger partial charge in [0.25, 0.3) is 0 Å². The largest absolute Gasteiger partial charge is 0.356 e. The molecule has 0 aromatic carbocycles. The number of aromatic nitrogens is 3. The molecule has 0 radical (unpaired) electrons. The van der Waals surface area contributed by atoms with Crippen LogP contribution in [0.1, 0.15) is 24.1 Å². The first-order chi connectivity index (χ1) is 10.9. The van der Waals surface area contributed by atoms with Crippen molar-refractivity contribution >= 4 is 15.7 Å². The summed E-state index contributed by atoms with van der Waals surface area (Å²) in [4.78, 5) is 7.13. The number of pyridine rings is 1. The third-order valence-electron chi connectivity index (χ3n) is 4.37. The van der Waals surface area contributed by atoms with Crippen LogP contribution >= 0.6 is 0 Å². The van der Waals surface area contributed by atoms with Crippen LogP contribution in [0.5, 0.6) is 0 Å². The summed E-state index contributed by atoms with van der Waals surface area (Å²) in [5.41, 5.74) is 1.89. The molecule has 2 aromatic rings. The van der Waals surface area contributed by atoms with Crippen LogP contribution in [0.4, 0.5) is 5.82 Å². The van der Waals surface area contributed by atoms with E-state index in [1.807, 2.05) is 12.3 Å². The van der Waals surface area contributed by atoms with Crippen molar-refractivity contribution < 1.29 is 8.42 Å². The molecule has 1 N–H and O–H groups in total. The maximum atomic E-state index is 11.8. The zero-order valence-electron chi connectivity index (χ0n) is 13.5. The van der Waals surface area contributed by atoms with Gasteiger partial charge in [-0.3, -0.25) is 5.10 Å². The molecule has 1 aliphatic rings. The second-order valence-corrected chi connectivity index (χ2v) is 8.27. The van der Waals surface area contributed by atoms with Crippen molar-refractivity contribution in [3.8, 4) is 0 Å². The maximum Gasteiger partial charge on any atom is 0.178 e. The van der Waals surface area contributed by atoms with E-state index in [4.69, 9.17) is 0 Å². The van der Waals surface area contributed by atoms with Crippen LogP contribution in [-0.2, 0) is 16.3 Å². The van der Waals surface area contributed by atoms with Crippen molar-refractivity contribution in [3.63, 3.8) is 0 Å². The van der Waals surface area contributed by atoms with Gasteiger partial charge in [0.2, 0.25) is 0 Å². The van der Waals surface area contributed by atoms with Gasteiger partial charge >= 0.3 is 0 Å². The molecular weight excluding hydrogens is 312 g/mol. The number of sulfone groups is 1. The highest BCUT2D eigenvalue weighted by atomic mass is 32.2. The Morgan fingerprint density at radius 3 is 3.00 bits per heavy atom. The van der Waals surface area contributed by atoms with Crippen molar-refractivity contribution in [2.45, 2.75) is 31.1 Å². The van der Waals surface area contributed by atoms with Crippen molar-refractivity contribution in [2.75, 3.05) is 24.2 Å². The Labute approximate surface area is 136 Å². The van der Waals surface area contributed by atoms with Gasteiger partial charge in [0.1, 0.15) is 10.7 Å². The Bertz CT molecular complexity index is 785. The Morgan fingerprint density at radius 1 is 1.43 bits per heavy atom. The molecule has 3 rings (SSSR count). The standard InChI is InChI=1S/C16H22N4O2S/c1-12-5-3-7-17-16(12)20-8-4-6-13(11-20)9-14-15(10-18-19-14)23(2,21)22/h3,5,7,10,13H,4,6,8-9,11H2,1-2H3,(H,18,19)/t13-/m1/s1. The van der Waals surface area contributed by atoms with Gasteiger partial charge in [-0.25, -0.2) is 13.4 Å². The third-order valence-corrected chi connectivity index (χ3v) is 5.52. The van der Waals surface area contributed by atoms with Crippen molar-refractivity contribution in [2.24, 2.45) is 5.92 Å². The number of hydrogen-bond acceptors (Lipinski definition) is 5. The number of nitrogens with one attached hydrogen (secondary N) is 1. The third kappa shape index (κ3) is 3.55. The Hall–Kier alpha value is -1.89. The summed E-state index contributed by atoms with van der Waals surface area (Å²) >= 11 is 0. The predicted molar refractivity (Wildman–Crippen MR) is 89.3 cm³/mol. The molecule has 0 saturated carbocycles. The summed E-state index contributed by atoms with van der Waals surface area (Å²) in [7, 11) is -3.23. The average Bonchev–Trinajstić information content (AvgIpc) is 2.96. The molecule has 0 bridgehead atoms. The second kappa shape index (κ2) is 6.31. The van der Waals surface area contributed by atoms with Crippen LogP contribution in [0.2, 0.25) is 0 Å². The quantitative estimate of drug-likeness (QED) is 0.925. The fourth-order valence-electron chi connectivity index (χ4n) is 3.29. The van der Waals surface area contributed by atoms with E-state index in [2.05, 4.69) is 33.1 Å². The van der Waals surface area contributed by atoms with Crippen molar-refractivity contribution in [3.05, 3.63) is 35.8 Å². The second-order valence-electron chi connectivity index (χ2n) is 6.29. The molecule has 0 amide bonds. The zero-order chi connectivity index (χ0) is 16.4. The van der Waals surface area contributed by atoms with Gasteiger partial charge in [-0.05, 0) is 43.7 Å². The topological polar surface area (TPSA) is 79.0 Å². The van der Waals surface area contributed by atoms with E-state index in [1.165, 1.54) is 18.0 Å². The minimum absolute atomic E-state index is 0.323. The van der Waals surface area contributed by atoms with Crippen LogP contribution in [-0.4, -0.2) is 42.9 Å². The normalized spacial score (nSPS) is 19.0. The molecule has 0 aliphatic carbocycles. The Kier molecular flexibility index (Phi) is 4.39. The molecule has 1 aliphatic heterocycles. The number of aromatic amines is 1. The summed E-state index contributed by atoms with van der Waals surface area (Å²) in [6.45, 7) is 3.96. The van der Waals surface area contributed by atoms with Crippen LogP contribution in [0.25, 0.3) is 0 Å². The highest BCUT2D eigenvalue weighted by Crippen LogP contribution is 2.27. The van der Waals surface area contributed by atoms with Crippen molar-refractivity contribution in [1.82, 2.24) is 15.2 Å². The smallest absolute Gasteiger partial charge is 0.178 e. The van der Waals surface area contributed by atoms with Gasteiger partial charge in [-0.15, -0.1) is 0 Å². The summed E-state index contributed by atoms with van der Waals surface area (Å²) in [6, 6.07) is 4.02. The number of hydrogen-bond donors (Lipinski definition) is 1. The van der Waals surface area contributed by atoms with Gasteiger partial charge in [-0.1, -0.05) is 6.07 Å². The minimum Gasteiger partial charge on any atom is -0.356 e. The van der Waals surface area contributed by atoms with Crippen LogP contribution in [0.3, 0.4) is 0 Å². The number of H-pyrrole nitrogens is 1. The summed E-state index contributed by atoms with van der Waals surface area (Å²) in [5.74, 6) is 1.43. The lowest BCUT2D eigenvalue weighted by Gasteiger charge is -2.34. The average molecular weight is 334 g/mol. The summed E-state index contributed by atoms with van der Waals surface area (Å²) in [6.07, 6.45) is 7.33. The van der Waals surface area contributed by atoms with E-state index in [0.717, 1.165) is 37.4 Å². The van der Waals surface area contributed by atoms with Gasteiger partial charge in [0.05, 0.1) is 11.9 Å². The summed E-state index contributed by atoms with van der Waals surface area (Å²) < 4.78 is 23.6. The molecule has 0 spiro atoms. The molecule has 6 nitrogen and oxygen atoms in total. The molecule has 7 heteroatoms. The molecule has 3 heterocycles. The molecular formula is C16H22N4O2S. The molecule has 2 aromatic heterocycles. The van der Waals surface area contributed by atoms with E-state index in [1.54, 1.807) is 0 Å². The number of anilines is 1. The Balaban J connectivity index is 1.75. The fraction of sp³-hybridized carbons (Fsp3) is 0.500. The van der Waals surface area contributed by atoms with Gasteiger partial charge in [0, 0.05) is 25.5 Å². The lowest BCUT2D eigenvalue weighted by molar-refractivity contribution is 0.405. The number of aryl methyl sites for hydroxylation is 1. The van der Waals surface area contributed by atoms with Gasteiger partial charge < -0.3 is 4.90 Å².